The van der Waals surface area contributed by atoms with E-state index in [9.17, 15) is 20.1 Å². The minimum atomic E-state index is -3.21. The van der Waals surface area contributed by atoms with Gasteiger partial charge in [0.25, 0.3) is 0 Å². The van der Waals surface area contributed by atoms with Crippen LogP contribution in [-0.4, -0.2) is 69.1 Å². The van der Waals surface area contributed by atoms with Gasteiger partial charge in [-0.1, -0.05) is 72.8 Å². The molecule has 4 aromatic carbocycles. The largest absolute Gasteiger partial charge is 0.507 e. The predicted octanol–water partition coefficient (Wildman–Crippen LogP) is 8.97. The molecule has 0 spiro atoms. The lowest BCUT2D eigenvalue weighted by Gasteiger charge is -2.42. The van der Waals surface area contributed by atoms with Crippen molar-refractivity contribution in [3.05, 3.63) is 117 Å². The van der Waals surface area contributed by atoms with E-state index < -0.39 is 40.1 Å². The van der Waals surface area contributed by atoms with Gasteiger partial charge in [-0.05, 0) is 103 Å². The van der Waals surface area contributed by atoms with Crippen molar-refractivity contribution in [1.29, 1.82) is 0 Å². The summed E-state index contributed by atoms with van der Waals surface area (Å²) >= 11 is 0. The highest BCUT2D eigenvalue weighted by atomic mass is 28.5. The zero-order valence-corrected chi connectivity index (χ0v) is 37.7. The number of fused-ring (bicyclic) bond motifs is 8. The van der Waals surface area contributed by atoms with Gasteiger partial charge in [0.1, 0.15) is 23.0 Å². The molecule has 0 saturated carbocycles. The molecule has 1 aliphatic rings. The summed E-state index contributed by atoms with van der Waals surface area (Å²) in [6.45, 7) is 17.0. The van der Waals surface area contributed by atoms with Crippen LogP contribution in [0, 0.1) is 0 Å². The average molecular weight is 820 g/mol. The minimum Gasteiger partial charge on any atom is -0.507 e. The molecule has 0 heterocycles. The molecule has 10 nitrogen and oxygen atoms in total. The summed E-state index contributed by atoms with van der Waals surface area (Å²) in [5.74, 6) is 0.760. The molecule has 0 aromatic heterocycles. The smallest absolute Gasteiger partial charge is 0.471 e. The van der Waals surface area contributed by atoms with Crippen LogP contribution in [0.5, 0.6) is 23.0 Å². The zero-order chi connectivity index (χ0) is 40.2. The first kappa shape index (κ1) is 42.4. The molecule has 14 heteroatoms. The Labute approximate surface area is 330 Å². The van der Waals surface area contributed by atoms with Gasteiger partial charge in [-0.2, -0.15) is 0 Å². The van der Waals surface area contributed by atoms with Crippen LogP contribution in [0.25, 0.3) is 0 Å². The fourth-order valence-corrected chi connectivity index (χ4v) is 21.1. The molecule has 0 atom stereocenters. The molecule has 4 N–H and O–H groups in total. The first-order chi connectivity index (χ1) is 25.8. The number of carbonyl (C=O) groups is 1. The summed E-state index contributed by atoms with van der Waals surface area (Å²) in [5, 5.41) is 37.2. The second-order valence-corrected chi connectivity index (χ2v) is 32.6. The fourth-order valence-electron chi connectivity index (χ4n) is 6.85. The Morgan fingerprint density at radius 3 is 1.27 bits per heavy atom. The molecular weight excluding hydrogens is 763 g/mol. The number of rotatable bonds is 12. The standard InChI is InChI=1S/C41H57NO9Si4/c1-47-54(8,9)51-55(49-52(2,3)4,50-53(5,6)7)24-14-23-42-41(46)48-40-35-21-13-22-36(40)28-34-20-12-18-32(39(34)45)26-30-16-10-15-29(37(30)43)25-31-17-11-19-33(27-35)38(31)44/h10-13,15-22,43-45H,14,23-28H2,1-9H3,(H,42,46). The van der Waals surface area contributed by atoms with Crippen molar-refractivity contribution < 1.29 is 41.6 Å². The normalized spacial score (nSPS) is 13.7. The number of para-hydroxylation sites is 4. The average Bonchev–Trinajstić information content (AvgIpc) is 3.07. The summed E-state index contributed by atoms with van der Waals surface area (Å²) in [6, 6.07) is 22.9. The van der Waals surface area contributed by atoms with Crippen LogP contribution in [0.15, 0.2) is 72.8 Å². The van der Waals surface area contributed by atoms with Crippen LogP contribution < -0.4 is 10.1 Å². The summed E-state index contributed by atoms with van der Waals surface area (Å²) in [6.07, 6.45) is 1.09. The number of nitrogens with one attached hydrogen (secondary N) is 1. The highest BCUT2D eigenvalue weighted by molar-refractivity contribution is 6.89. The van der Waals surface area contributed by atoms with Crippen molar-refractivity contribution in [2.75, 3.05) is 13.7 Å². The van der Waals surface area contributed by atoms with E-state index in [1.807, 2.05) is 85.9 Å². The molecule has 0 radical (unpaired) electrons. The number of hydrogen-bond donors (Lipinski definition) is 4. The molecule has 1 aliphatic carbocycles. The van der Waals surface area contributed by atoms with Gasteiger partial charge in [0.15, 0.2) is 16.6 Å². The maximum atomic E-state index is 13.6. The Balaban J connectivity index is 1.44. The summed E-state index contributed by atoms with van der Waals surface area (Å²) in [5.41, 5.74) is 5.38. The molecule has 0 saturated heterocycles. The van der Waals surface area contributed by atoms with Crippen molar-refractivity contribution in [2.45, 2.75) is 90.5 Å². The SMILES string of the molecule is CO[Si](C)(C)O[Si](CCCNC(=O)Oc1c2cccc1Cc1cccc(c1O)Cc1cccc(c1O)Cc1cccc(c1O)C2)(O[Si](C)(C)C)O[Si](C)(C)C. The Bertz CT molecular complexity index is 1880. The van der Waals surface area contributed by atoms with Crippen LogP contribution in [-0.2, 0) is 42.5 Å². The van der Waals surface area contributed by atoms with Crippen molar-refractivity contribution >= 4 is 40.1 Å². The summed E-state index contributed by atoms with van der Waals surface area (Å²) in [7, 11) is -8.33. The van der Waals surface area contributed by atoms with Crippen LogP contribution in [0.1, 0.15) is 50.9 Å². The van der Waals surface area contributed by atoms with E-state index in [1.54, 1.807) is 7.11 Å². The van der Waals surface area contributed by atoms with Crippen molar-refractivity contribution in [1.82, 2.24) is 5.32 Å². The van der Waals surface area contributed by atoms with E-state index in [1.165, 1.54) is 0 Å². The minimum absolute atomic E-state index is 0.124. The maximum Gasteiger partial charge on any atom is 0.471 e. The molecule has 0 unspecified atom stereocenters. The van der Waals surface area contributed by atoms with Gasteiger partial charge in [-0.25, -0.2) is 4.79 Å². The molecule has 0 fully saturated rings. The number of hydrogen-bond acceptors (Lipinski definition) is 9. The number of aromatic hydroxyl groups is 3. The molecule has 55 heavy (non-hydrogen) atoms. The monoisotopic (exact) mass is 819 g/mol. The van der Waals surface area contributed by atoms with Gasteiger partial charge in [-0.3, -0.25) is 0 Å². The van der Waals surface area contributed by atoms with Gasteiger partial charge >= 0.3 is 23.5 Å². The third-order valence-electron chi connectivity index (χ3n) is 9.25. The number of benzene rings is 4. The lowest BCUT2D eigenvalue weighted by atomic mass is 9.91. The predicted molar refractivity (Wildman–Crippen MR) is 226 cm³/mol. The molecule has 8 bridgehead atoms. The Hall–Kier alpha value is -3.74. The molecule has 4 aromatic rings. The number of carbonyl (C=O) groups excluding carboxylic acids is 1. The Morgan fingerprint density at radius 2 is 0.927 bits per heavy atom. The molecule has 296 valence electrons. The lowest BCUT2D eigenvalue weighted by Crippen LogP contribution is -2.61. The van der Waals surface area contributed by atoms with Crippen molar-refractivity contribution in [3.63, 3.8) is 0 Å². The topological polar surface area (TPSA) is 136 Å². The molecular formula is C41H57NO9Si4. The highest BCUT2D eigenvalue weighted by Crippen LogP contribution is 2.38. The van der Waals surface area contributed by atoms with Crippen LogP contribution in [0.3, 0.4) is 0 Å². The van der Waals surface area contributed by atoms with E-state index in [4.69, 9.17) is 21.5 Å². The first-order valence-electron chi connectivity index (χ1n) is 18.9. The van der Waals surface area contributed by atoms with Crippen LogP contribution in [0.2, 0.25) is 58.4 Å². The maximum absolute atomic E-state index is 13.6. The van der Waals surface area contributed by atoms with E-state index in [2.05, 4.69) is 44.6 Å². The van der Waals surface area contributed by atoms with Gasteiger partial charge in [0.2, 0.25) is 0 Å². The first-order valence-corrected chi connectivity index (χ1v) is 30.4. The quantitative estimate of drug-likeness (QED) is 0.0719. The van der Waals surface area contributed by atoms with Gasteiger partial charge < -0.3 is 42.1 Å². The molecule has 5 rings (SSSR count). The number of ether oxygens (including phenoxy) is 1. The Morgan fingerprint density at radius 1 is 0.582 bits per heavy atom. The van der Waals surface area contributed by atoms with Crippen LogP contribution in [0.4, 0.5) is 4.79 Å². The van der Waals surface area contributed by atoms with Crippen LogP contribution >= 0.6 is 0 Å². The number of phenols is 3. The highest BCUT2D eigenvalue weighted by Gasteiger charge is 2.51. The number of phenolic OH excluding ortho intramolecular Hbond substituents is 3. The van der Waals surface area contributed by atoms with E-state index in [0.29, 0.717) is 82.1 Å². The van der Waals surface area contributed by atoms with E-state index >= 15 is 0 Å². The van der Waals surface area contributed by atoms with Gasteiger partial charge in [0, 0.05) is 45.4 Å². The van der Waals surface area contributed by atoms with Crippen molar-refractivity contribution in [3.8, 4) is 23.0 Å². The number of amides is 1. The second kappa shape index (κ2) is 17.2. The summed E-state index contributed by atoms with van der Waals surface area (Å²) in [4.78, 5) is 13.6. The fraction of sp³-hybridized carbons (Fsp3) is 0.390. The molecule has 1 amide bonds. The third-order valence-corrected chi connectivity index (χ3v) is 21.8. The Kier molecular flexibility index (Phi) is 13.2. The van der Waals surface area contributed by atoms with Crippen molar-refractivity contribution in [2.24, 2.45) is 0 Å². The van der Waals surface area contributed by atoms with E-state index in [-0.39, 0.29) is 30.1 Å². The van der Waals surface area contributed by atoms with E-state index in [0.717, 1.165) is 0 Å². The lowest BCUT2D eigenvalue weighted by molar-refractivity contribution is 0.196. The van der Waals surface area contributed by atoms with Gasteiger partial charge in [-0.15, -0.1) is 0 Å². The zero-order valence-electron chi connectivity index (χ0n) is 33.7. The second-order valence-electron chi connectivity index (χ2n) is 16.6. The van der Waals surface area contributed by atoms with Gasteiger partial charge in [0.05, 0.1) is 0 Å². The molecule has 0 aliphatic heterocycles. The summed E-state index contributed by atoms with van der Waals surface area (Å²) < 4.78 is 32.3. The third kappa shape index (κ3) is 11.4.